The van der Waals surface area contributed by atoms with Gasteiger partial charge in [0.2, 0.25) is 0 Å². The van der Waals surface area contributed by atoms with Crippen molar-refractivity contribution in [2.45, 2.75) is 63.0 Å². The normalized spacial score (nSPS) is 26.8. The Morgan fingerprint density at radius 2 is 1.94 bits per heavy atom. The van der Waals surface area contributed by atoms with Gasteiger partial charge < -0.3 is 19.9 Å². The summed E-state index contributed by atoms with van der Waals surface area (Å²) in [6, 6.07) is 14.2. The van der Waals surface area contributed by atoms with Crippen LogP contribution in [0.2, 0.25) is 5.02 Å². The Labute approximate surface area is 207 Å². The first-order valence-corrected chi connectivity index (χ1v) is 12.6. The number of carbonyl (C=O) groups is 1. The topological polar surface area (TPSA) is 67.8 Å². The van der Waals surface area contributed by atoms with Crippen LogP contribution in [-0.4, -0.2) is 37.4 Å². The fourth-order valence-corrected chi connectivity index (χ4v) is 6.48. The number of hydrogen-bond acceptors (Lipinski definition) is 5. The van der Waals surface area contributed by atoms with E-state index in [0.29, 0.717) is 30.4 Å². The number of carbonyl (C=O) groups excluding carboxylic acids is 1. The molecule has 0 unspecified atom stereocenters. The van der Waals surface area contributed by atoms with Crippen molar-refractivity contribution >= 4 is 23.3 Å². The summed E-state index contributed by atoms with van der Waals surface area (Å²) in [7, 11) is 3.18. The number of hydrogen-bond donors (Lipinski definition) is 2. The van der Waals surface area contributed by atoms with Gasteiger partial charge >= 0.3 is 5.97 Å². The molecule has 2 aliphatic rings. The summed E-state index contributed by atoms with van der Waals surface area (Å²) in [5.41, 5.74) is 3.99. The van der Waals surface area contributed by atoms with Gasteiger partial charge in [-0.3, -0.25) is 0 Å². The van der Waals surface area contributed by atoms with Crippen molar-refractivity contribution in [3.05, 3.63) is 64.2 Å². The Bertz CT molecular complexity index is 1020. The maximum atomic E-state index is 13.1. The highest BCUT2D eigenvalue weighted by Gasteiger charge is 2.54. The third-order valence-electron chi connectivity index (χ3n) is 8.05. The number of aliphatic hydroxyl groups is 1. The van der Waals surface area contributed by atoms with Crippen molar-refractivity contribution in [2.24, 2.45) is 11.8 Å². The van der Waals surface area contributed by atoms with E-state index in [1.54, 1.807) is 7.11 Å². The Hall–Kier alpha value is -2.08. The lowest BCUT2D eigenvalue weighted by atomic mass is 9.59. The molecule has 0 aromatic heterocycles. The number of anilines is 1. The highest BCUT2D eigenvalue weighted by Crippen LogP contribution is 2.56. The molecule has 6 heteroatoms. The fraction of sp³-hybridized carbons (Fsp3) is 0.536. The maximum Gasteiger partial charge on any atom is 0.331 e. The van der Waals surface area contributed by atoms with Gasteiger partial charge in [-0.1, -0.05) is 42.8 Å². The summed E-state index contributed by atoms with van der Waals surface area (Å²) in [6.07, 6.45) is 5.08. The maximum absolute atomic E-state index is 13.1. The average Bonchev–Trinajstić information content (AvgIpc) is 3.12. The number of esters is 1. The van der Waals surface area contributed by atoms with E-state index in [1.807, 2.05) is 24.3 Å². The fourth-order valence-electron chi connectivity index (χ4n) is 6.29. The van der Waals surface area contributed by atoms with Crippen LogP contribution in [0.1, 0.15) is 55.7 Å². The van der Waals surface area contributed by atoms with Crippen molar-refractivity contribution in [3.8, 4) is 0 Å². The van der Waals surface area contributed by atoms with Gasteiger partial charge in [0, 0.05) is 24.4 Å². The molecule has 2 aromatic rings. The van der Waals surface area contributed by atoms with E-state index in [4.69, 9.17) is 21.1 Å². The van der Waals surface area contributed by atoms with Gasteiger partial charge in [0.1, 0.15) is 5.54 Å². The van der Waals surface area contributed by atoms with Crippen molar-refractivity contribution < 1.29 is 19.4 Å². The predicted molar refractivity (Wildman–Crippen MR) is 135 cm³/mol. The van der Waals surface area contributed by atoms with Gasteiger partial charge in [0.15, 0.2) is 0 Å². The number of nitrogens with one attached hydrogen (secondary N) is 1. The number of rotatable bonds is 8. The molecule has 34 heavy (non-hydrogen) atoms. The lowest BCUT2D eigenvalue weighted by Crippen LogP contribution is -2.53. The molecule has 0 bridgehead atoms. The van der Waals surface area contributed by atoms with Gasteiger partial charge in [-0.15, -0.1) is 0 Å². The lowest BCUT2D eigenvalue weighted by Gasteiger charge is -2.47. The van der Waals surface area contributed by atoms with Crippen LogP contribution in [-0.2, 0) is 32.7 Å². The molecule has 2 atom stereocenters. The first-order chi connectivity index (χ1) is 16.4. The number of aliphatic hydroxyl groups excluding tert-OH is 1. The van der Waals surface area contributed by atoms with Crippen LogP contribution in [0.3, 0.4) is 0 Å². The largest absolute Gasteiger partial charge is 0.467 e. The minimum absolute atomic E-state index is 0.0178. The van der Waals surface area contributed by atoms with Crippen molar-refractivity contribution in [3.63, 3.8) is 0 Å². The van der Waals surface area contributed by atoms with E-state index in [-0.39, 0.29) is 23.9 Å². The van der Waals surface area contributed by atoms with E-state index < -0.39 is 5.54 Å². The molecule has 0 saturated heterocycles. The monoisotopic (exact) mass is 485 g/mol. The summed E-state index contributed by atoms with van der Waals surface area (Å²) in [5.74, 6) is 0.449. The van der Waals surface area contributed by atoms with E-state index in [1.165, 1.54) is 23.8 Å². The van der Waals surface area contributed by atoms with Crippen LogP contribution in [0.4, 0.5) is 5.69 Å². The minimum Gasteiger partial charge on any atom is -0.467 e. The summed E-state index contributed by atoms with van der Waals surface area (Å²) in [4.78, 5) is 13.1. The molecule has 5 nitrogen and oxygen atoms in total. The number of ether oxygens (including phenoxy) is 2. The van der Waals surface area contributed by atoms with Crippen LogP contribution in [0.25, 0.3) is 0 Å². The van der Waals surface area contributed by atoms with Crippen LogP contribution in [0, 0.1) is 11.8 Å². The average molecular weight is 486 g/mol. The number of halogens is 1. The molecule has 4 rings (SSSR count). The quantitative estimate of drug-likeness (QED) is 0.482. The Kier molecular flexibility index (Phi) is 7.56. The molecule has 1 saturated carbocycles. The SMILES string of the molecule is COCc1ccc2c(c1)C1(CCC(Nc3cccc(Cl)c3)(C(=O)OC)CC1)[C@H](C[C@@H](C)CO)C2. The lowest BCUT2D eigenvalue weighted by molar-refractivity contribution is -0.148. The summed E-state index contributed by atoms with van der Waals surface area (Å²) < 4.78 is 10.7. The second-order valence-corrected chi connectivity index (χ2v) is 10.7. The van der Waals surface area contributed by atoms with E-state index in [2.05, 4.69) is 30.4 Å². The highest BCUT2D eigenvalue weighted by molar-refractivity contribution is 6.30. The number of fused-ring (bicyclic) bond motifs is 2. The van der Waals surface area contributed by atoms with Gasteiger partial charge in [0.25, 0.3) is 0 Å². The molecule has 2 aliphatic carbocycles. The first kappa shape index (κ1) is 25.0. The zero-order chi connectivity index (χ0) is 24.3. The molecule has 0 radical (unpaired) electrons. The first-order valence-electron chi connectivity index (χ1n) is 12.2. The molecular weight excluding hydrogens is 450 g/mol. The second-order valence-electron chi connectivity index (χ2n) is 10.2. The molecule has 1 spiro atoms. The van der Waals surface area contributed by atoms with Gasteiger partial charge in [0.05, 0.1) is 13.7 Å². The Morgan fingerprint density at radius 3 is 2.59 bits per heavy atom. The third-order valence-corrected chi connectivity index (χ3v) is 8.28. The molecule has 0 aliphatic heterocycles. The van der Waals surface area contributed by atoms with E-state index in [9.17, 15) is 9.90 Å². The smallest absolute Gasteiger partial charge is 0.331 e. The molecule has 1 fully saturated rings. The summed E-state index contributed by atoms with van der Waals surface area (Å²) in [5, 5.41) is 13.9. The Balaban J connectivity index is 1.67. The number of benzene rings is 2. The predicted octanol–water partition coefficient (Wildman–Crippen LogP) is 5.51. The molecule has 184 valence electrons. The van der Waals surface area contributed by atoms with Gasteiger partial charge in [-0.05, 0) is 90.7 Å². The van der Waals surface area contributed by atoms with Gasteiger partial charge in [-0.2, -0.15) is 0 Å². The Morgan fingerprint density at radius 1 is 1.18 bits per heavy atom. The molecular formula is C28H36ClNO4. The zero-order valence-electron chi connectivity index (χ0n) is 20.4. The van der Waals surface area contributed by atoms with Crippen LogP contribution in [0.5, 0.6) is 0 Å². The van der Waals surface area contributed by atoms with Crippen LogP contribution >= 0.6 is 11.6 Å². The minimum atomic E-state index is -0.787. The second kappa shape index (κ2) is 10.3. The summed E-state index contributed by atoms with van der Waals surface area (Å²) in [6.45, 7) is 2.90. The van der Waals surface area contributed by atoms with Crippen molar-refractivity contribution in [2.75, 3.05) is 26.1 Å². The summed E-state index contributed by atoms with van der Waals surface area (Å²) >= 11 is 6.21. The standard InChI is InChI=1S/C28H36ClNO4/c1-19(17-31)13-22-15-21-8-7-20(18-33-2)14-25(21)27(22)9-11-28(12-10-27,26(32)34-3)30-24-6-4-5-23(29)16-24/h4-8,14,16,19,22,30-31H,9-13,15,17-18H2,1-3H3/t19-,22-,27?,28?/m1/s1. The zero-order valence-corrected chi connectivity index (χ0v) is 21.2. The van der Waals surface area contributed by atoms with Crippen molar-refractivity contribution in [1.29, 1.82) is 0 Å². The van der Waals surface area contributed by atoms with E-state index in [0.717, 1.165) is 31.4 Å². The van der Waals surface area contributed by atoms with Crippen LogP contribution in [0.15, 0.2) is 42.5 Å². The third kappa shape index (κ3) is 4.71. The molecule has 2 aromatic carbocycles. The van der Waals surface area contributed by atoms with Crippen molar-refractivity contribution in [1.82, 2.24) is 0 Å². The highest BCUT2D eigenvalue weighted by atomic mass is 35.5. The molecule has 0 amide bonds. The molecule has 2 N–H and O–H groups in total. The van der Waals surface area contributed by atoms with Gasteiger partial charge in [-0.25, -0.2) is 4.79 Å². The molecule has 0 heterocycles. The number of methoxy groups -OCH3 is 2. The van der Waals surface area contributed by atoms with Crippen LogP contribution < -0.4 is 5.32 Å². The van der Waals surface area contributed by atoms with E-state index >= 15 is 0 Å².